The molecule has 1 amide bonds. The topological polar surface area (TPSA) is 63.7 Å². The largest absolute Gasteiger partial charge is 0.444 e. The number of carbonyl (C=O) groups excluding carboxylic acids is 1. The number of nitrogens with zero attached hydrogens (tertiary/aromatic N) is 2. The van der Waals surface area contributed by atoms with E-state index in [4.69, 9.17) is 9.47 Å². The number of rotatable bonds is 11. The molecule has 0 bridgehead atoms. The summed E-state index contributed by atoms with van der Waals surface area (Å²) in [6, 6.07) is 11.0. The first-order valence-electron chi connectivity index (χ1n) is 12.2. The maximum absolute atomic E-state index is 12.3. The fraction of sp³-hybridized carbons (Fsp3) is 0.556. The maximum atomic E-state index is 12.3. The standard InChI is InChI=1S/C27H39N3O3/c1-5-6-13-32-14-11-21-8-7-9-22(15-21)16-23-17-24(19-28-18-23)29-20-25-10-12-30(25)26(31)33-27(2,3)4/h7-9,15,17-19,25,29H,5-6,10-14,16,20H2,1-4H3/t25-/m0/s1. The van der Waals surface area contributed by atoms with Crippen molar-refractivity contribution in [2.24, 2.45) is 0 Å². The molecule has 1 atom stereocenters. The molecule has 1 aromatic carbocycles. The van der Waals surface area contributed by atoms with Crippen LogP contribution in [0.4, 0.5) is 10.5 Å². The van der Waals surface area contributed by atoms with Gasteiger partial charge in [0, 0.05) is 32.1 Å². The summed E-state index contributed by atoms with van der Waals surface area (Å²) in [6.07, 6.45) is 8.56. The zero-order valence-electron chi connectivity index (χ0n) is 20.6. The molecule has 33 heavy (non-hydrogen) atoms. The van der Waals surface area contributed by atoms with Crippen LogP contribution in [0.15, 0.2) is 42.7 Å². The number of nitrogens with one attached hydrogen (secondary N) is 1. The zero-order valence-corrected chi connectivity index (χ0v) is 20.6. The zero-order chi connectivity index (χ0) is 23.7. The Hall–Kier alpha value is -2.60. The van der Waals surface area contributed by atoms with Gasteiger partial charge in [0.25, 0.3) is 0 Å². The van der Waals surface area contributed by atoms with E-state index in [1.54, 1.807) is 4.90 Å². The molecule has 6 heteroatoms. The van der Waals surface area contributed by atoms with E-state index in [0.29, 0.717) is 6.54 Å². The third kappa shape index (κ3) is 8.35. The molecule has 1 aliphatic rings. The molecule has 0 radical (unpaired) electrons. The van der Waals surface area contributed by atoms with Gasteiger partial charge in [-0.1, -0.05) is 37.6 Å². The lowest BCUT2D eigenvalue weighted by molar-refractivity contribution is -0.00274. The Morgan fingerprint density at radius 3 is 2.70 bits per heavy atom. The highest BCUT2D eigenvalue weighted by atomic mass is 16.6. The van der Waals surface area contributed by atoms with E-state index in [9.17, 15) is 4.79 Å². The minimum absolute atomic E-state index is 0.153. The number of hydrogen-bond donors (Lipinski definition) is 1. The molecule has 0 saturated carbocycles. The molecule has 3 rings (SSSR count). The molecule has 180 valence electrons. The van der Waals surface area contributed by atoms with Crippen molar-refractivity contribution in [3.8, 4) is 0 Å². The first-order chi connectivity index (χ1) is 15.8. The van der Waals surface area contributed by atoms with Crippen molar-refractivity contribution in [1.29, 1.82) is 0 Å². The fourth-order valence-electron chi connectivity index (χ4n) is 3.80. The molecule has 2 heterocycles. The molecule has 1 aliphatic heterocycles. The maximum Gasteiger partial charge on any atom is 0.410 e. The average molecular weight is 454 g/mol. The summed E-state index contributed by atoms with van der Waals surface area (Å²) < 4.78 is 11.2. The Morgan fingerprint density at radius 1 is 1.15 bits per heavy atom. The van der Waals surface area contributed by atoms with Gasteiger partial charge in [-0.3, -0.25) is 4.98 Å². The number of pyridine rings is 1. The summed E-state index contributed by atoms with van der Waals surface area (Å²) >= 11 is 0. The molecule has 1 fully saturated rings. The number of hydrogen-bond acceptors (Lipinski definition) is 5. The smallest absolute Gasteiger partial charge is 0.410 e. The van der Waals surface area contributed by atoms with Gasteiger partial charge in [-0.05, 0) is 69.2 Å². The lowest BCUT2D eigenvalue weighted by Gasteiger charge is -2.41. The van der Waals surface area contributed by atoms with Crippen molar-refractivity contribution < 1.29 is 14.3 Å². The van der Waals surface area contributed by atoms with Gasteiger partial charge in [-0.2, -0.15) is 0 Å². The number of unbranched alkanes of at least 4 members (excludes halogenated alkanes) is 1. The van der Waals surface area contributed by atoms with Crippen molar-refractivity contribution in [3.63, 3.8) is 0 Å². The van der Waals surface area contributed by atoms with Gasteiger partial charge >= 0.3 is 6.09 Å². The highest BCUT2D eigenvalue weighted by Crippen LogP contribution is 2.22. The van der Waals surface area contributed by atoms with Gasteiger partial charge in [0.15, 0.2) is 0 Å². The van der Waals surface area contributed by atoms with Crippen LogP contribution in [0.3, 0.4) is 0 Å². The number of carbonyl (C=O) groups is 1. The van der Waals surface area contributed by atoms with Gasteiger partial charge in [-0.15, -0.1) is 0 Å². The van der Waals surface area contributed by atoms with Crippen LogP contribution < -0.4 is 5.32 Å². The Bertz CT molecular complexity index is 894. The molecule has 1 N–H and O–H groups in total. The van der Waals surface area contributed by atoms with Gasteiger partial charge in [-0.25, -0.2) is 4.79 Å². The summed E-state index contributed by atoms with van der Waals surface area (Å²) in [5, 5.41) is 3.45. The van der Waals surface area contributed by atoms with Gasteiger partial charge in [0.05, 0.1) is 18.3 Å². The van der Waals surface area contributed by atoms with Crippen molar-refractivity contribution in [3.05, 3.63) is 59.4 Å². The number of anilines is 1. The van der Waals surface area contributed by atoms with Crippen LogP contribution >= 0.6 is 0 Å². The highest BCUT2D eigenvalue weighted by Gasteiger charge is 2.34. The molecule has 1 saturated heterocycles. The molecule has 0 aliphatic carbocycles. The first kappa shape index (κ1) is 25.0. The van der Waals surface area contributed by atoms with Crippen LogP contribution in [0, 0.1) is 0 Å². The summed E-state index contributed by atoms with van der Waals surface area (Å²) in [6.45, 7) is 10.9. The Labute approximate surface area is 198 Å². The van der Waals surface area contributed by atoms with E-state index in [1.807, 2.05) is 33.2 Å². The quantitative estimate of drug-likeness (QED) is 0.458. The van der Waals surface area contributed by atoms with E-state index in [1.165, 1.54) is 17.5 Å². The van der Waals surface area contributed by atoms with Crippen LogP contribution in [0.2, 0.25) is 0 Å². The molecule has 1 aromatic heterocycles. The van der Waals surface area contributed by atoms with E-state index in [0.717, 1.165) is 56.7 Å². The summed E-state index contributed by atoms with van der Waals surface area (Å²) in [4.78, 5) is 18.5. The summed E-state index contributed by atoms with van der Waals surface area (Å²) in [5.74, 6) is 0. The number of amides is 1. The Morgan fingerprint density at radius 2 is 1.97 bits per heavy atom. The second-order valence-electron chi connectivity index (χ2n) is 9.79. The predicted molar refractivity (Wildman–Crippen MR) is 133 cm³/mol. The fourth-order valence-corrected chi connectivity index (χ4v) is 3.80. The van der Waals surface area contributed by atoms with Gasteiger partial charge in [0.2, 0.25) is 0 Å². The van der Waals surface area contributed by atoms with E-state index < -0.39 is 5.60 Å². The second kappa shape index (κ2) is 12.0. The number of benzene rings is 1. The molecular weight excluding hydrogens is 414 g/mol. The second-order valence-corrected chi connectivity index (χ2v) is 9.79. The van der Waals surface area contributed by atoms with Crippen LogP contribution in [0.1, 0.15) is 63.6 Å². The molecule has 2 aromatic rings. The highest BCUT2D eigenvalue weighted by molar-refractivity contribution is 5.69. The van der Waals surface area contributed by atoms with Crippen molar-refractivity contribution in [2.45, 2.75) is 71.4 Å². The van der Waals surface area contributed by atoms with Crippen LogP contribution in [-0.2, 0) is 22.3 Å². The van der Waals surface area contributed by atoms with Crippen molar-refractivity contribution in [1.82, 2.24) is 9.88 Å². The monoisotopic (exact) mass is 453 g/mol. The first-order valence-corrected chi connectivity index (χ1v) is 12.2. The SMILES string of the molecule is CCCCOCCc1cccc(Cc2cncc(NC[C@@H]3CCN3C(=O)OC(C)(C)C)c2)c1. The summed E-state index contributed by atoms with van der Waals surface area (Å²) in [5.41, 5.74) is 4.24. The van der Waals surface area contributed by atoms with E-state index >= 15 is 0 Å². The molecule has 0 unspecified atom stereocenters. The Kier molecular flexibility index (Phi) is 9.12. The molecular formula is C27H39N3O3. The number of aromatic nitrogens is 1. The van der Waals surface area contributed by atoms with Gasteiger partial charge < -0.3 is 19.7 Å². The summed E-state index contributed by atoms with van der Waals surface area (Å²) in [7, 11) is 0. The van der Waals surface area contributed by atoms with E-state index in [-0.39, 0.29) is 12.1 Å². The van der Waals surface area contributed by atoms with E-state index in [2.05, 4.69) is 47.6 Å². The van der Waals surface area contributed by atoms with Crippen molar-refractivity contribution >= 4 is 11.8 Å². The molecule has 6 nitrogen and oxygen atoms in total. The normalized spacial score (nSPS) is 15.8. The minimum atomic E-state index is -0.470. The molecule has 0 spiro atoms. The average Bonchev–Trinajstić information content (AvgIpc) is 2.72. The van der Waals surface area contributed by atoms with Gasteiger partial charge in [0.1, 0.15) is 5.60 Å². The van der Waals surface area contributed by atoms with Crippen LogP contribution in [0.5, 0.6) is 0 Å². The number of ether oxygens (including phenoxy) is 2. The predicted octanol–water partition coefficient (Wildman–Crippen LogP) is 5.45. The minimum Gasteiger partial charge on any atom is -0.444 e. The third-order valence-electron chi connectivity index (χ3n) is 5.69. The lowest BCUT2D eigenvalue weighted by Crippen LogP contribution is -2.55. The third-order valence-corrected chi connectivity index (χ3v) is 5.69. The Balaban J connectivity index is 1.49. The van der Waals surface area contributed by atoms with Crippen LogP contribution in [0.25, 0.3) is 0 Å². The van der Waals surface area contributed by atoms with Crippen molar-refractivity contribution in [2.75, 3.05) is 31.6 Å². The number of likely N-dealkylation sites (tertiary alicyclic amines) is 1. The van der Waals surface area contributed by atoms with Crippen LogP contribution in [-0.4, -0.2) is 53.9 Å². The lowest BCUT2D eigenvalue weighted by atomic mass is 10.0.